The van der Waals surface area contributed by atoms with E-state index in [0.717, 1.165) is 11.1 Å². The first-order chi connectivity index (χ1) is 10.7. The van der Waals surface area contributed by atoms with Gasteiger partial charge in [0.05, 0.1) is 14.2 Å². The molecule has 3 aromatic rings. The van der Waals surface area contributed by atoms with Crippen LogP contribution in [0, 0.1) is 0 Å². The van der Waals surface area contributed by atoms with Gasteiger partial charge in [0.25, 0.3) is 0 Å². The van der Waals surface area contributed by atoms with Crippen LogP contribution < -0.4 is 9.47 Å². The monoisotopic (exact) mass is 315 g/mol. The van der Waals surface area contributed by atoms with Crippen LogP contribution in [0.5, 0.6) is 11.5 Å². The number of rotatable bonds is 4. The first kappa shape index (κ1) is 14.4. The van der Waals surface area contributed by atoms with Gasteiger partial charge >= 0.3 is 0 Å². The van der Waals surface area contributed by atoms with E-state index in [1.54, 1.807) is 14.2 Å². The van der Waals surface area contributed by atoms with E-state index in [-0.39, 0.29) is 0 Å². The first-order valence-electron chi connectivity index (χ1n) is 6.62. The molecule has 0 aliphatic rings. The second-order valence-corrected chi connectivity index (χ2v) is 5.02. The zero-order valence-electron chi connectivity index (χ0n) is 12.1. The minimum absolute atomic E-state index is 0.589. The molecule has 0 aliphatic heterocycles. The third kappa shape index (κ3) is 2.76. The Balaban J connectivity index is 1.95. The maximum absolute atomic E-state index is 5.89. The van der Waals surface area contributed by atoms with Crippen LogP contribution in [0.1, 0.15) is 0 Å². The van der Waals surface area contributed by atoms with Gasteiger partial charge < -0.3 is 9.47 Å². The first-order valence-corrected chi connectivity index (χ1v) is 7.00. The highest BCUT2D eigenvalue weighted by atomic mass is 35.5. The number of hydrogen-bond donors (Lipinski definition) is 1. The summed E-state index contributed by atoms with van der Waals surface area (Å²) in [5.74, 6) is 2.57. The van der Waals surface area contributed by atoms with E-state index in [4.69, 9.17) is 21.1 Å². The van der Waals surface area contributed by atoms with Gasteiger partial charge in [-0.25, -0.2) is 4.98 Å². The summed E-state index contributed by atoms with van der Waals surface area (Å²) in [6.45, 7) is 0. The van der Waals surface area contributed by atoms with Crippen molar-refractivity contribution in [1.29, 1.82) is 0 Å². The molecule has 0 fully saturated rings. The minimum atomic E-state index is 0.589. The zero-order chi connectivity index (χ0) is 15.5. The fraction of sp³-hybridized carbons (Fsp3) is 0.125. The van der Waals surface area contributed by atoms with Gasteiger partial charge in [0.2, 0.25) is 0 Å². The Kier molecular flexibility index (Phi) is 3.98. The van der Waals surface area contributed by atoms with Gasteiger partial charge in [-0.05, 0) is 42.5 Å². The molecule has 5 nitrogen and oxygen atoms in total. The van der Waals surface area contributed by atoms with Crippen molar-refractivity contribution >= 4 is 11.6 Å². The maximum Gasteiger partial charge on any atom is 0.181 e. The molecule has 0 amide bonds. The summed E-state index contributed by atoms with van der Waals surface area (Å²) >= 11 is 5.89. The Morgan fingerprint density at radius 1 is 0.909 bits per heavy atom. The van der Waals surface area contributed by atoms with E-state index in [1.807, 2.05) is 42.5 Å². The molecule has 3 rings (SSSR count). The molecule has 112 valence electrons. The maximum atomic E-state index is 5.89. The molecule has 0 saturated carbocycles. The third-order valence-electron chi connectivity index (χ3n) is 3.24. The second-order valence-electron chi connectivity index (χ2n) is 4.58. The van der Waals surface area contributed by atoms with Crippen LogP contribution in [0.3, 0.4) is 0 Å². The molecule has 6 heteroatoms. The van der Waals surface area contributed by atoms with Crippen LogP contribution in [0.2, 0.25) is 5.02 Å². The van der Waals surface area contributed by atoms with E-state index in [0.29, 0.717) is 28.2 Å². The molecule has 2 aromatic carbocycles. The lowest BCUT2D eigenvalue weighted by Crippen LogP contribution is -1.91. The van der Waals surface area contributed by atoms with Crippen molar-refractivity contribution in [3.05, 3.63) is 47.5 Å². The number of aromatic amines is 1. The Morgan fingerprint density at radius 2 is 1.59 bits per heavy atom. The van der Waals surface area contributed by atoms with Crippen LogP contribution in [-0.4, -0.2) is 29.4 Å². The molecule has 1 heterocycles. The van der Waals surface area contributed by atoms with Crippen molar-refractivity contribution < 1.29 is 9.47 Å². The predicted molar refractivity (Wildman–Crippen MR) is 85.4 cm³/mol. The number of halogens is 1. The minimum Gasteiger partial charge on any atom is -0.493 e. The van der Waals surface area contributed by atoms with Gasteiger partial charge in [0.15, 0.2) is 23.1 Å². The number of benzene rings is 2. The van der Waals surface area contributed by atoms with Crippen LogP contribution >= 0.6 is 11.6 Å². The smallest absolute Gasteiger partial charge is 0.181 e. The quantitative estimate of drug-likeness (QED) is 0.795. The summed E-state index contributed by atoms with van der Waals surface area (Å²) in [5.41, 5.74) is 1.76. The number of nitrogens with zero attached hydrogens (tertiary/aromatic N) is 2. The van der Waals surface area contributed by atoms with Gasteiger partial charge in [0, 0.05) is 16.1 Å². The van der Waals surface area contributed by atoms with Crippen LogP contribution in [0.25, 0.3) is 22.8 Å². The Labute approximate surface area is 132 Å². The molecule has 0 spiro atoms. The molecule has 0 unspecified atom stereocenters. The van der Waals surface area contributed by atoms with E-state index in [2.05, 4.69) is 15.2 Å². The summed E-state index contributed by atoms with van der Waals surface area (Å²) in [4.78, 5) is 4.51. The van der Waals surface area contributed by atoms with Crippen molar-refractivity contribution in [2.24, 2.45) is 0 Å². The molecule has 1 aromatic heterocycles. The van der Waals surface area contributed by atoms with Gasteiger partial charge in [-0.1, -0.05) is 11.6 Å². The number of H-pyrrole nitrogens is 1. The molecule has 0 atom stereocenters. The topological polar surface area (TPSA) is 60.0 Å². The van der Waals surface area contributed by atoms with Crippen LogP contribution in [0.4, 0.5) is 0 Å². The normalized spacial score (nSPS) is 10.5. The summed E-state index contributed by atoms with van der Waals surface area (Å²) in [7, 11) is 3.20. The lowest BCUT2D eigenvalue weighted by molar-refractivity contribution is 0.355. The number of hydrogen-bond acceptors (Lipinski definition) is 4. The lowest BCUT2D eigenvalue weighted by atomic mass is 10.2. The van der Waals surface area contributed by atoms with Crippen molar-refractivity contribution in [3.8, 4) is 34.3 Å². The molecule has 0 saturated heterocycles. The van der Waals surface area contributed by atoms with Crippen LogP contribution in [0.15, 0.2) is 42.5 Å². The second kappa shape index (κ2) is 6.07. The van der Waals surface area contributed by atoms with Gasteiger partial charge in [-0.15, -0.1) is 0 Å². The third-order valence-corrected chi connectivity index (χ3v) is 3.50. The predicted octanol–water partition coefficient (Wildman–Crippen LogP) is 3.81. The van der Waals surface area contributed by atoms with E-state index in [9.17, 15) is 0 Å². The summed E-state index contributed by atoms with van der Waals surface area (Å²) < 4.78 is 10.5. The van der Waals surface area contributed by atoms with Gasteiger partial charge in [0.1, 0.15) is 0 Å². The van der Waals surface area contributed by atoms with Crippen LogP contribution in [-0.2, 0) is 0 Å². The fourth-order valence-electron chi connectivity index (χ4n) is 2.10. The average Bonchev–Trinajstić information content (AvgIpc) is 3.05. The Bertz CT molecular complexity index is 784. The molecule has 0 aliphatic carbocycles. The standard InChI is InChI=1S/C16H14ClN3O2/c1-21-13-8-5-11(9-14(13)22-2)16-18-15(19-20-16)10-3-6-12(17)7-4-10/h3-9H,1-2H3,(H,18,19,20). The van der Waals surface area contributed by atoms with Crippen molar-refractivity contribution in [2.45, 2.75) is 0 Å². The fourth-order valence-corrected chi connectivity index (χ4v) is 2.23. The molecule has 1 N–H and O–H groups in total. The SMILES string of the molecule is COc1ccc(-c2n[nH]c(-c3ccc(Cl)cc3)n2)cc1OC. The van der Waals surface area contributed by atoms with Crippen molar-refractivity contribution in [1.82, 2.24) is 15.2 Å². The molecular weight excluding hydrogens is 302 g/mol. The highest BCUT2D eigenvalue weighted by molar-refractivity contribution is 6.30. The number of methoxy groups -OCH3 is 2. The van der Waals surface area contributed by atoms with E-state index < -0.39 is 0 Å². The van der Waals surface area contributed by atoms with Crippen molar-refractivity contribution in [3.63, 3.8) is 0 Å². The lowest BCUT2D eigenvalue weighted by Gasteiger charge is -2.07. The largest absolute Gasteiger partial charge is 0.493 e. The highest BCUT2D eigenvalue weighted by Crippen LogP contribution is 2.31. The Hall–Kier alpha value is -2.53. The number of nitrogens with one attached hydrogen (secondary N) is 1. The van der Waals surface area contributed by atoms with Gasteiger partial charge in [-0.2, -0.15) is 5.10 Å². The van der Waals surface area contributed by atoms with Gasteiger partial charge in [-0.3, -0.25) is 5.10 Å². The summed E-state index contributed by atoms with van der Waals surface area (Å²) in [5, 5.41) is 7.86. The average molecular weight is 316 g/mol. The number of aromatic nitrogens is 3. The highest BCUT2D eigenvalue weighted by Gasteiger charge is 2.11. The summed E-state index contributed by atoms with van der Waals surface area (Å²) in [6.07, 6.45) is 0. The molecule has 0 radical (unpaired) electrons. The zero-order valence-corrected chi connectivity index (χ0v) is 12.9. The van der Waals surface area contributed by atoms with E-state index >= 15 is 0 Å². The molecule has 22 heavy (non-hydrogen) atoms. The van der Waals surface area contributed by atoms with E-state index in [1.165, 1.54) is 0 Å². The Morgan fingerprint density at radius 3 is 2.27 bits per heavy atom. The molecular formula is C16H14ClN3O2. The van der Waals surface area contributed by atoms with Crippen molar-refractivity contribution in [2.75, 3.05) is 14.2 Å². The summed E-state index contributed by atoms with van der Waals surface area (Å²) in [6, 6.07) is 13.0. The molecule has 0 bridgehead atoms. The number of ether oxygens (including phenoxy) is 2.